The molecule has 0 aromatic heterocycles. The smallest absolute Gasteiger partial charge is 0.187 e. The van der Waals surface area contributed by atoms with Gasteiger partial charge in [0.2, 0.25) is 0 Å². The fraction of sp³-hybridized carbons (Fsp3) is 1.00. The molecular weight excluding hydrogens is 660 g/mol. The van der Waals surface area contributed by atoms with Crippen molar-refractivity contribution in [2.24, 2.45) is 52.3 Å². The molecule has 4 saturated carbocycles. The van der Waals surface area contributed by atoms with Gasteiger partial charge in [-0.3, -0.25) is 0 Å². The predicted octanol–water partition coefficient (Wildman–Crippen LogP) is 2.47. The molecule has 0 aromatic carbocycles. The minimum atomic E-state index is -1.60. The first-order valence-corrected chi connectivity index (χ1v) is 20.2. The zero-order valence-electron chi connectivity index (χ0n) is 31.1. The summed E-state index contributed by atoms with van der Waals surface area (Å²) in [4.78, 5) is 0. The van der Waals surface area contributed by atoms with Crippen LogP contribution in [-0.2, 0) is 28.4 Å². The van der Waals surface area contributed by atoms with E-state index in [9.17, 15) is 30.6 Å². The maximum absolute atomic E-state index is 11.1. The number of ether oxygens (including phenoxy) is 6. The Morgan fingerprint density at radius 1 is 0.706 bits per heavy atom. The van der Waals surface area contributed by atoms with Crippen molar-refractivity contribution in [2.45, 2.75) is 178 Å². The van der Waals surface area contributed by atoms with Crippen LogP contribution in [0.1, 0.15) is 98.8 Å². The summed E-state index contributed by atoms with van der Waals surface area (Å²) in [6, 6.07) is 0. The van der Waals surface area contributed by atoms with Crippen molar-refractivity contribution in [3.05, 3.63) is 0 Å². The van der Waals surface area contributed by atoms with Crippen molar-refractivity contribution in [3.8, 4) is 0 Å². The van der Waals surface area contributed by atoms with Crippen molar-refractivity contribution >= 4 is 0 Å². The molecule has 0 amide bonds. The third-order valence-corrected chi connectivity index (χ3v) is 16.1. The molecule has 292 valence electrons. The fourth-order valence-electron chi connectivity index (χ4n) is 13.1. The average Bonchev–Trinajstić information content (AvgIpc) is 3.56. The van der Waals surface area contributed by atoms with E-state index in [2.05, 4.69) is 27.7 Å². The molecule has 4 aliphatic heterocycles. The Kier molecular flexibility index (Phi) is 10.00. The van der Waals surface area contributed by atoms with Crippen LogP contribution in [0, 0.1) is 52.3 Å². The summed E-state index contributed by atoms with van der Waals surface area (Å²) in [7, 11) is 0. The standard InChI is InChI=1S/C39H64O12/c1-18-8-13-39(46-17-18)19(2)28-26(51-39)15-25-23-7-6-21-14-22(9-11-37(21,4)24(23)10-12-38(25,28)5)48-36-34(32(44)30(42)27(16-40)49-36)50-35-33(45)31(43)29(41)20(3)47-35/h18-36,40-45H,6-17H2,1-5H3/t18-,19+,20-,21+,22+,23?,24?,25?,26+,27-,28?,29-,30+,31+,32+,33+,34-,35-,36-,37+,38+,39-/m1/s1. The quantitative estimate of drug-likeness (QED) is 0.229. The summed E-state index contributed by atoms with van der Waals surface area (Å²) >= 11 is 0. The van der Waals surface area contributed by atoms with Gasteiger partial charge in [0.25, 0.3) is 0 Å². The van der Waals surface area contributed by atoms with Gasteiger partial charge in [-0.15, -0.1) is 0 Å². The van der Waals surface area contributed by atoms with Crippen LogP contribution in [-0.4, -0.2) is 123 Å². The van der Waals surface area contributed by atoms with E-state index < -0.39 is 73.8 Å². The predicted molar refractivity (Wildman–Crippen MR) is 182 cm³/mol. The first-order valence-electron chi connectivity index (χ1n) is 20.2. The van der Waals surface area contributed by atoms with Gasteiger partial charge in [-0.05, 0) is 111 Å². The number of rotatable bonds is 5. The van der Waals surface area contributed by atoms with Crippen molar-refractivity contribution < 1.29 is 59.1 Å². The number of hydrogen-bond donors (Lipinski definition) is 6. The maximum atomic E-state index is 11.1. The Balaban J connectivity index is 0.941. The van der Waals surface area contributed by atoms with Crippen LogP contribution in [0.25, 0.3) is 0 Å². The number of fused-ring (bicyclic) bond motifs is 7. The van der Waals surface area contributed by atoms with E-state index in [1.165, 1.54) is 25.7 Å². The molecule has 51 heavy (non-hydrogen) atoms. The van der Waals surface area contributed by atoms with E-state index in [-0.39, 0.29) is 23.0 Å². The Hall–Kier alpha value is -0.480. The Labute approximate surface area is 302 Å². The molecule has 0 aromatic rings. The second kappa shape index (κ2) is 13.6. The molecule has 4 saturated heterocycles. The fourth-order valence-corrected chi connectivity index (χ4v) is 13.1. The monoisotopic (exact) mass is 724 g/mol. The highest BCUT2D eigenvalue weighted by molar-refractivity contribution is 5.15. The van der Waals surface area contributed by atoms with Crippen molar-refractivity contribution in [1.82, 2.24) is 0 Å². The van der Waals surface area contributed by atoms with E-state index in [1.54, 1.807) is 6.92 Å². The minimum Gasteiger partial charge on any atom is -0.394 e. The molecule has 6 N–H and O–H groups in total. The van der Waals surface area contributed by atoms with Gasteiger partial charge in [-0.25, -0.2) is 0 Å². The lowest BCUT2D eigenvalue weighted by Gasteiger charge is -2.61. The van der Waals surface area contributed by atoms with Crippen LogP contribution in [0.2, 0.25) is 0 Å². The van der Waals surface area contributed by atoms with E-state index >= 15 is 0 Å². The first kappa shape index (κ1) is 37.4. The summed E-state index contributed by atoms with van der Waals surface area (Å²) in [6.45, 7) is 11.6. The van der Waals surface area contributed by atoms with Crippen LogP contribution in [0.4, 0.5) is 0 Å². The third kappa shape index (κ3) is 5.91. The summed E-state index contributed by atoms with van der Waals surface area (Å²) in [6.07, 6.45) is -2.28. The summed E-state index contributed by atoms with van der Waals surface area (Å²) in [5.41, 5.74) is 0.464. The van der Waals surface area contributed by atoms with Gasteiger partial charge in [0.15, 0.2) is 18.4 Å². The topological polar surface area (TPSA) is 177 Å². The van der Waals surface area contributed by atoms with Gasteiger partial charge < -0.3 is 59.1 Å². The average molecular weight is 725 g/mol. The molecular formula is C39H64O12. The van der Waals surface area contributed by atoms with Crippen LogP contribution in [0.5, 0.6) is 0 Å². The van der Waals surface area contributed by atoms with Crippen molar-refractivity contribution in [1.29, 1.82) is 0 Å². The van der Waals surface area contributed by atoms with Crippen LogP contribution in [0.15, 0.2) is 0 Å². The molecule has 8 aliphatic rings. The van der Waals surface area contributed by atoms with Crippen LogP contribution in [0.3, 0.4) is 0 Å². The highest BCUT2D eigenvalue weighted by Crippen LogP contribution is 2.71. The minimum absolute atomic E-state index is 0.190. The summed E-state index contributed by atoms with van der Waals surface area (Å²) in [5.74, 6) is 3.63. The highest BCUT2D eigenvalue weighted by atomic mass is 16.8. The normalized spacial score (nSPS) is 59.9. The third-order valence-electron chi connectivity index (χ3n) is 16.1. The SMILES string of the molecule is C[C@@H]1CC[C@@]2(OC1)O[C@H]1CC3C4CC[C@H]5C[C@@H](O[C@@H]6O[C@H](CO)[C@H](O)[C@H](O)[C@H]6O[C@H]6O[C@H](C)[C@@H](O)[C@H](O)[C@@H]6O)CC[C@]5(C)C4CC[C@]3(C)C1[C@@H]2C. The zero-order chi connectivity index (χ0) is 36.2. The molecule has 4 heterocycles. The molecule has 8 fully saturated rings. The second-order valence-corrected chi connectivity index (χ2v) is 18.7. The Morgan fingerprint density at radius 3 is 2.20 bits per heavy atom. The lowest BCUT2D eigenvalue weighted by Crippen LogP contribution is -2.64. The molecule has 8 rings (SSSR count). The van der Waals surface area contributed by atoms with Gasteiger partial charge >= 0.3 is 0 Å². The van der Waals surface area contributed by atoms with Gasteiger partial charge in [0, 0.05) is 12.3 Å². The van der Waals surface area contributed by atoms with Gasteiger partial charge in [0.1, 0.15) is 42.7 Å². The molecule has 22 atom stereocenters. The first-order chi connectivity index (χ1) is 24.2. The van der Waals surface area contributed by atoms with Crippen LogP contribution >= 0.6 is 0 Å². The maximum Gasteiger partial charge on any atom is 0.187 e. The number of aliphatic hydroxyl groups excluding tert-OH is 6. The lowest BCUT2D eigenvalue weighted by molar-refractivity contribution is -0.371. The van der Waals surface area contributed by atoms with Gasteiger partial charge in [-0.1, -0.05) is 27.7 Å². The number of hydrogen-bond acceptors (Lipinski definition) is 12. The summed E-state index contributed by atoms with van der Waals surface area (Å²) < 4.78 is 37.7. The van der Waals surface area contributed by atoms with E-state index in [0.29, 0.717) is 41.4 Å². The van der Waals surface area contributed by atoms with Gasteiger partial charge in [-0.2, -0.15) is 0 Å². The van der Waals surface area contributed by atoms with E-state index in [1.807, 2.05) is 0 Å². The molecule has 4 unspecified atom stereocenters. The molecule has 0 bridgehead atoms. The number of aliphatic hydroxyl groups is 6. The zero-order valence-corrected chi connectivity index (χ0v) is 31.1. The van der Waals surface area contributed by atoms with Crippen molar-refractivity contribution in [2.75, 3.05) is 13.2 Å². The van der Waals surface area contributed by atoms with Gasteiger partial charge in [0.05, 0.1) is 31.5 Å². The highest BCUT2D eigenvalue weighted by Gasteiger charge is 2.69. The Bertz CT molecular complexity index is 1250. The summed E-state index contributed by atoms with van der Waals surface area (Å²) in [5, 5.41) is 62.9. The molecule has 12 nitrogen and oxygen atoms in total. The molecule has 12 heteroatoms. The van der Waals surface area contributed by atoms with E-state index in [4.69, 9.17) is 28.4 Å². The van der Waals surface area contributed by atoms with Crippen LogP contribution < -0.4 is 0 Å². The Morgan fingerprint density at radius 2 is 1.47 bits per heavy atom. The molecule has 0 radical (unpaired) electrons. The largest absolute Gasteiger partial charge is 0.394 e. The molecule has 4 aliphatic carbocycles. The van der Waals surface area contributed by atoms with E-state index in [0.717, 1.165) is 45.1 Å². The van der Waals surface area contributed by atoms with Crippen molar-refractivity contribution in [3.63, 3.8) is 0 Å². The lowest BCUT2D eigenvalue weighted by atomic mass is 9.44. The molecule has 1 spiro atoms. The second-order valence-electron chi connectivity index (χ2n) is 18.7.